The van der Waals surface area contributed by atoms with Crippen molar-refractivity contribution in [3.63, 3.8) is 0 Å². The fraction of sp³-hybridized carbons (Fsp3) is 0.636. The molecule has 0 bridgehead atoms. The molecule has 1 aliphatic rings. The number of carbonyl (C=O) groups is 2. The fourth-order valence-corrected chi connectivity index (χ4v) is 1.72. The topological polar surface area (TPSA) is 52.6 Å². The first-order chi connectivity index (χ1) is 7.60. The lowest BCUT2D eigenvalue weighted by Crippen LogP contribution is -2.33. The molecule has 0 heterocycles. The second kappa shape index (κ2) is 5.53. The molecule has 0 aromatic carbocycles. The van der Waals surface area contributed by atoms with Crippen molar-refractivity contribution < 1.29 is 20.4 Å². The van der Waals surface area contributed by atoms with Crippen LogP contribution in [-0.2, 0) is 19.1 Å². The normalized spacial score (nSPS) is 21.7. The Balaban J connectivity index is 2.88. The third-order valence-electron chi connectivity index (χ3n) is 2.53. The monoisotopic (exact) mass is 213 g/mol. The second-order valence-electron chi connectivity index (χ2n) is 3.45. The highest BCUT2D eigenvalue weighted by atomic mass is 16.5. The van der Waals surface area contributed by atoms with Crippen LogP contribution in [0.5, 0.6) is 0 Å². The number of methoxy groups -OCH3 is 2. The van der Waals surface area contributed by atoms with Crippen LogP contribution in [0.15, 0.2) is 12.1 Å². The van der Waals surface area contributed by atoms with Crippen molar-refractivity contribution >= 4 is 11.9 Å². The van der Waals surface area contributed by atoms with Gasteiger partial charge in [-0.25, -0.2) is 0 Å². The van der Waals surface area contributed by atoms with Gasteiger partial charge in [0.25, 0.3) is 0 Å². The van der Waals surface area contributed by atoms with Gasteiger partial charge in [0.1, 0.15) is 0 Å². The van der Waals surface area contributed by atoms with Crippen LogP contribution >= 0.6 is 0 Å². The van der Waals surface area contributed by atoms with Crippen LogP contribution in [0.2, 0.25) is 0 Å². The zero-order valence-electron chi connectivity index (χ0n) is 9.99. The third-order valence-corrected chi connectivity index (χ3v) is 2.53. The average Bonchev–Trinajstić information content (AvgIpc) is 2.29. The van der Waals surface area contributed by atoms with Gasteiger partial charge < -0.3 is 9.47 Å². The summed E-state index contributed by atoms with van der Waals surface area (Å²) in [5, 5.41) is 0. The zero-order valence-corrected chi connectivity index (χ0v) is 8.99. The highest BCUT2D eigenvalue weighted by Gasteiger charge is 2.35. The van der Waals surface area contributed by atoms with Gasteiger partial charge in [-0.1, -0.05) is 12.1 Å². The van der Waals surface area contributed by atoms with Gasteiger partial charge in [0, 0.05) is 5.92 Å². The van der Waals surface area contributed by atoms with Crippen molar-refractivity contribution in [1.82, 2.24) is 0 Å². The number of hydrogen-bond acceptors (Lipinski definition) is 4. The van der Waals surface area contributed by atoms with E-state index in [1.54, 1.807) is 6.08 Å². The molecule has 1 atom stereocenters. The van der Waals surface area contributed by atoms with E-state index in [-0.39, 0.29) is 5.92 Å². The Hall–Kier alpha value is -1.32. The molecule has 1 unspecified atom stereocenters. The Morgan fingerprint density at radius 3 is 2.47 bits per heavy atom. The summed E-state index contributed by atoms with van der Waals surface area (Å²) in [6.45, 7) is 0. The number of ether oxygens (including phenoxy) is 2. The van der Waals surface area contributed by atoms with Crippen LogP contribution < -0.4 is 0 Å². The Morgan fingerprint density at radius 1 is 1.40 bits per heavy atom. The summed E-state index contributed by atoms with van der Waals surface area (Å²) in [5.41, 5.74) is 0. The summed E-state index contributed by atoms with van der Waals surface area (Å²) >= 11 is 0. The van der Waals surface area contributed by atoms with E-state index in [2.05, 4.69) is 9.47 Å². The van der Waals surface area contributed by atoms with E-state index in [1.165, 1.54) is 14.2 Å². The predicted molar refractivity (Wildman–Crippen MR) is 54.0 cm³/mol. The molecule has 4 heteroatoms. The van der Waals surface area contributed by atoms with E-state index >= 15 is 0 Å². The summed E-state index contributed by atoms with van der Waals surface area (Å²) < 4.78 is 16.7. The summed E-state index contributed by atoms with van der Waals surface area (Å²) in [6, 6.07) is 0.467. The molecule has 4 nitrogen and oxygen atoms in total. The molecule has 1 aliphatic carbocycles. The molecule has 0 aromatic heterocycles. The number of allylic oxidation sites excluding steroid dienone is 2. The van der Waals surface area contributed by atoms with Gasteiger partial charge in [0.2, 0.25) is 0 Å². The molecule has 0 aliphatic heterocycles. The lowest BCUT2D eigenvalue weighted by molar-refractivity contribution is -0.160. The van der Waals surface area contributed by atoms with Gasteiger partial charge in [0.05, 0.1) is 15.6 Å². The maximum atomic E-state index is 11.5. The molecule has 0 fully saturated rings. The summed E-state index contributed by atoms with van der Waals surface area (Å²) in [5.74, 6) is -2.40. The minimum absolute atomic E-state index is 0.277. The van der Waals surface area contributed by atoms with Crippen molar-refractivity contribution in [2.75, 3.05) is 14.2 Å². The molecule has 0 spiro atoms. The Kier molecular flexibility index (Phi) is 3.77. The molecular weight excluding hydrogens is 196 g/mol. The van der Waals surface area contributed by atoms with Crippen molar-refractivity contribution in [1.29, 1.82) is 0 Å². The van der Waals surface area contributed by atoms with Crippen LogP contribution in [0, 0.1) is 11.8 Å². The molecule has 0 saturated heterocycles. The minimum Gasteiger partial charge on any atom is -0.468 e. The first kappa shape index (κ1) is 10.2. The van der Waals surface area contributed by atoms with Gasteiger partial charge in [0.15, 0.2) is 5.92 Å². The van der Waals surface area contributed by atoms with E-state index in [0.29, 0.717) is 18.9 Å². The van der Waals surface area contributed by atoms with Crippen molar-refractivity contribution in [2.45, 2.75) is 19.3 Å². The molecule has 0 amide bonds. The van der Waals surface area contributed by atoms with E-state index < -0.39 is 17.9 Å². The van der Waals surface area contributed by atoms with Crippen molar-refractivity contribution in [3.8, 4) is 0 Å². The smallest absolute Gasteiger partial charge is 0.320 e. The maximum Gasteiger partial charge on any atom is 0.320 e. The molecular formula is C11H16O4. The SMILES string of the molecule is [2H]C1=CC(C(C(=O)OC)C(=O)OC)CCC1. The van der Waals surface area contributed by atoms with Gasteiger partial charge >= 0.3 is 11.9 Å². The first-order valence-electron chi connectivity index (χ1n) is 5.43. The molecule has 0 radical (unpaired) electrons. The van der Waals surface area contributed by atoms with Crippen molar-refractivity contribution in [3.05, 3.63) is 12.1 Å². The van der Waals surface area contributed by atoms with E-state index in [4.69, 9.17) is 1.37 Å². The summed E-state index contributed by atoms with van der Waals surface area (Å²) in [6.07, 6.45) is 3.87. The van der Waals surface area contributed by atoms with Crippen LogP contribution in [0.4, 0.5) is 0 Å². The van der Waals surface area contributed by atoms with Gasteiger partial charge in [-0.3, -0.25) is 9.59 Å². The van der Waals surface area contributed by atoms with Gasteiger partial charge in [-0.2, -0.15) is 0 Å². The summed E-state index contributed by atoms with van der Waals surface area (Å²) in [7, 11) is 2.48. The molecule has 84 valence electrons. The average molecular weight is 213 g/mol. The Bertz CT molecular complexity index is 295. The first-order valence-corrected chi connectivity index (χ1v) is 4.93. The zero-order chi connectivity index (χ0) is 12.1. The largest absolute Gasteiger partial charge is 0.468 e. The van der Waals surface area contributed by atoms with Gasteiger partial charge in [-0.15, -0.1) is 0 Å². The Morgan fingerprint density at radius 2 is 2.00 bits per heavy atom. The molecule has 0 saturated carbocycles. The molecule has 1 rings (SSSR count). The highest BCUT2D eigenvalue weighted by Crippen LogP contribution is 2.26. The number of carbonyl (C=O) groups excluding carboxylic acids is 2. The van der Waals surface area contributed by atoms with E-state index in [0.717, 1.165) is 6.42 Å². The fourth-order valence-electron chi connectivity index (χ4n) is 1.72. The van der Waals surface area contributed by atoms with Crippen LogP contribution in [0.3, 0.4) is 0 Å². The molecule has 0 aromatic rings. The molecule has 15 heavy (non-hydrogen) atoms. The quantitative estimate of drug-likeness (QED) is 0.403. The maximum absolute atomic E-state index is 11.5. The lowest BCUT2D eigenvalue weighted by atomic mass is 9.84. The Labute approximate surface area is 90.6 Å². The second-order valence-corrected chi connectivity index (χ2v) is 3.45. The van der Waals surface area contributed by atoms with Crippen LogP contribution in [0.25, 0.3) is 0 Å². The lowest BCUT2D eigenvalue weighted by Gasteiger charge is -2.22. The highest BCUT2D eigenvalue weighted by molar-refractivity contribution is 5.95. The number of esters is 2. The molecule has 0 N–H and O–H groups in total. The van der Waals surface area contributed by atoms with Gasteiger partial charge in [-0.05, 0) is 19.3 Å². The number of rotatable bonds is 3. The van der Waals surface area contributed by atoms with E-state index in [1.807, 2.05) is 0 Å². The van der Waals surface area contributed by atoms with Crippen LogP contribution in [0.1, 0.15) is 20.6 Å². The standard InChI is InChI=1S/C11H16O4/c1-14-10(12)9(11(13)15-2)8-6-4-3-5-7-8/h4,6,8-9H,3,5,7H2,1-2H3/i4D. The predicted octanol–water partition coefficient (Wildman–Crippen LogP) is 1.30. The third kappa shape index (κ3) is 2.81. The minimum atomic E-state index is -0.935. The summed E-state index contributed by atoms with van der Waals surface area (Å²) in [4.78, 5) is 23.0. The number of hydrogen-bond donors (Lipinski definition) is 0. The van der Waals surface area contributed by atoms with Crippen LogP contribution in [-0.4, -0.2) is 26.2 Å². The van der Waals surface area contributed by atoms with Crippen molar-refractivity contribution in [2.24, 2.45) is 11.8 Å². The van der Waals surface area contributed by atoms with E-state index in [9.17, 15) is 9.59 Å².